The van der Waals surface area contributed by atoms with Gasteiger partial charge in [0.05, 0.1) is 19.8 Å². The minimum Gasteiger partial charge on any atom is -0.407 e. The van der Waals surface area contributed by atoms with Crippen LogP contribution in [0.25, 0.3) is 0 Å². The Bertz CT molecular complexity index is 370. The Labute approximate surface area is 108 Å². The van der Waals surface area contributed by atoms with Gasteiger partial charge in [-0.2, -0.15) is 0 Å². The summed E-state index contributed by atoms with van der Waals surface area (Å²) in [5, 5.41) is 3.51. The largest absolute Gasteiger partial charge is 0.489 e. The summed E-state index contributed by atoms with van der Waals surface area (Å²) in [6.07, 6.45) is 0.939. The lowest BCUT2D eigenvalue weighted by molar-refractivity contribution is 0.0244. The van der Waals surface area contributed by atoms with Crippen LogP contribution in [0.15, 0.2) is 30.3 Å². The highest BCUT2D eigenvalue weighted by molar-refractivity contribution is 6.47. The monoisotopic (exact) mass is 247 g/mol. The molecule has 0 bridgehead atoms. The molecule has 1 aromatic rings. The quantitative estimate of drug-likeness (QED) is 0.796. The smallest absolute Gasteiger partial charge is 0.407 e. The van der Waals surface area contributed by atoms with Crippen LogP contribution in [-0.4, -0.2) is 45.5 Å². The Balaban J connectivity index is 1.67. The van der Waals surface area contributed by atoms with Crippen molar-refractivity contribution in [1.29, 1.82) is 0 Å². The molecule has 0 amide bonds. The predicted octanol–water partition coefficient (Wildman–Crippen LogP) is 0.660. The minimum atomic E-state index is -0.216. The zero-order valence-corrected chi connectivity index (χ0v) is 10.4. The van der Waals surface area contributed by atoms with Gasteiger partial charge < -0.3 is 19.4 Å². The zero-order chi connectivity index (χ0) is 12.2. The molecular weight excluding hydrogens is 229 g/mol. The molecule has 0 saturated carbocycles. The highest BCUT2D eigenvalue weighted by atomic mass is 16.7. The summed E-state index contributed by atoms with van der Waals surface area (Å²) in [6, 6.07) is 10.7. The average molecular weight is 247 g/mol. The molecule has 0 radical (unpaired) electrons. The number of hydrogen-bond donors (Lipinski definition) is 1. The molecule has 0 aliphatic carbocycles. The molecule has 2 aliphatic heterocycles. The molecular formula is C13H18BNO3. The maximum absolute atomic E-state index is 5.83. The van der Waals surface area contributed by atoms with E-state index in [-0.39, 0.29) is 19.2 Å². The van der Waals surface area contributed by atoms with Gasteiger partial charge in [0.25, 0.3) is 0 Å². The Morgan fingerprint density at radius 1 is 1.11 bits per heavy atom. The van der Waals surface area contributed by atoms with E-state index in [1.165, 1.54) is 5.56 Å². The molecule has 0 spiro atoms. The van der Waals surface area contributed by atoms with Crippen molar-refractivity contribution >= 4 is 7.12 Å². The molecule has 4 nitrogen and oxygen atoms in total. The van der Waals surface area contributed by atoms with Crippen molar-refractivity contribution in [2.45, 2.75) is 18.5 Å². The Morgan fingerprint density at radius 2 is 1.89 bits per heavy atom. The number of morpholine rings is 1. The SMILES string of the molecule is c1ccc(CC2NCCOC2B2OCCO2)cc1. The number of benzene rings is 1. The summed E-state index contributed by atoms with van der Waals surface area (Å²) in [7, 11) is -0.216. The topological polar surface area (TPSA) is 39.7 Å². The van der Waals surface area contributed by atoms with E-state index in [1.54, 1.807) is 0 Å². The van der Waals surface area contributed by atoms with E-state index in [2.05, 4.69) is 29.6 Å². The van der Waals surface area contributed by atoms with Gasteiger partial charge in [0.15, 0.2) is 0 Å². The van der Waals surface area contributed by atoms with Crippen LogP contribution in [0.4, 0.5) is 0 Å². The first kappa shape index (κ1) is 12.2. The fraction of sp³-hybridized carbons (Fsp3) is 0.538. The molecule has 2 heterocycles. The molecule has 2 saturated heterocycles. The van der Waals surface area contributed by atoms with Crippen LogP contribution < -0.4 is 5.32 Å². The molecule has 0 aromatic heterocycles. The van der Waals surface area contributed by atoms with Crippen LogP contribution in [0, 0.1) is 0 Å². The first-order chi connectivity index (χ1) is 8.93. The van der Waals surface area contributed by atoms with E-state index in [0.717, 1.165) is 19.6 Å². The summed E-state index contributed by atoms with van der Waals surface area (Å²) in [6.45, 7) is 2.95. The van der Waals surface area contributed by atoms with Crippen LogP contribution in [0.5, 0.6) is 0 Å². The van der Waals surface area contributed by atoms with Crippen molar-refractivity contribution in [2.75, 3.05) is 26.4 Å². The van der Waals surface area contributed by atoms with Crippen LogP contribution in [-0.2, 0) is 20.5 Å². The van der Waals surface area contributed by atoms with Crippen LogP contribution in [0.1, 0.15) is 5.56 Å². The van der Waals surface area contributed by atoms with Gasteiger partial charge in [-0.05, 0) is 12.0 Å². The molecule has 18 heavy (non-hydrogen) atoms. The van der Waals surface area contributed by atoms with Crippen molar-refractivity contribution < 1.29 is 14.0 Å². The first-order valence-corrected chi connectivity index (χ1v) is 6.55. The molecule has 2 atom stereocenters. The molecule has 96 valence electrons. The number of rotatable bonds is 3. The molecule has 2 aliphatic rings. The fourth-order valence-electron chi connectivity index (χ4n) is 2.56. The first-order valence-electron chi connectivity index (χ1n) is 6.55. The number of hydrogen-bond acceptors (Lipinski definition) is 4. The maximum atomic E-state index is 5.83. The van der Waals surface area contributed by atoms with Gasteiger partial charge in [-0.3, -0.25) is 0 Å². The Kier molecular flexibility index (Phi) is 3.95. The van der Waals surface area contributed by atoms with Gasteiger partial charge in [0.1, 0.15) is 6.00 Å². The Morgan fingerprint density at radius 3 is 2.67 bits per heavy atom. The van der Waals surface area contributed by atoms with Gasteiger partial charge in [-0.1, -0.05) is 30.3 Å². The molecule has 2 unspecified atom stereocenters. The second-order valence-electron chi connectivity index (χ2n) is 4.70. The van der Waals surface area contributed by atoms with E-state index >= 15 is 0 Å². The third-order valence-corrected chi connectivity index (χ3v) is 3.43. The Hall–Kier alpha value is -0.875. The van der Waals surface area contributed by atoms with Gasteiger partial charge in [-0.15, -0.1) is 0 Å². The minimum absolute atomic E-state index is 0.0125. The van der Waals surface area contributed by atoms with E-state index in [9.17, 15) is 0 Å². The van der Waals surface area contributed by atoms with Crippen molar-refractivity contribution in [3.63, 3.8) is 0 Å². The van der Waals surface area contributed by atoms with Crippen molar-refractivity contribution in [3.8, 4) is 0 Å². The van der Waals surface area contributed by atoms with Gasteiger partial charge in [0, 0.05) is 12.6 Å². The third-order valence-electron chi connectivity index (χ3n) is 3.43. The second-order valence-corrected chi connectivity index (χ2v) is 4.70. The highest BCUT2D eigenvalue weighted by Gasteiger charge is 2.41. The lowest BCUT2D eigenvalue weighted by Crippen LogP contribution is -2.56. The molecule has 1 N–H and O–H groups in total. The van der Waals surface area contributed by atoms with Crippen LogP contribution >= 0.6 is 0 Å². The normalized spacial score (nSPS) is 28.6. The summed E-state index contributed by atoms with van der Waals surface area (Å²) >= 11 is 0. The van der Waals surface area contributed by atoms with Gasteiger partial charge >= 0.3 is 7.12 Å². The summed E-state index contributed by atoms with van der Waals surface area (Å²) < 4.78 is 17.0. The highest BCUT2D eigenvalue weighted by Crippen LogP contribution is 2.17. The fourth-order valence-corrected chi connectivity index (χ4v) is 2.56. The summed E-state index contributed by atoms with van der Waals surface area (Å²) in [5.41, 5.74) is 1.31. The number of ether oxygens (including phenoxy) is 1. The average Bonchev–Trinajstić information content (AvgIpc) is 2.94. The summed E-state index contributed by atoms with van der Waals surface area (Å²) in [5.74, 6) is 0. The number of nitrogens with one attached hydrogen (secondary N) is 1. The summed E-state index contributed by atoms with van der Waals surface area (Å²) in [4.78, 5) is 0. The lowest BCUT2D eigenvalue weighted by atomic mass is 9.74. The molecule has 2 fully saturated rings. The van der Waals surface area contributed by atoms with Gasteiger partial charge in [0.2, 0.25) is 0 Å². The van der Waals surface area contributed by atoms with Crippen LogP contribution in [0.3, 0.4) is 0 Å². The predicted molar refractivity (Wildman–Crippen MR) is 69.3 cm³/mol. The van der Waals surface area contributed by atoms with Crippen molar-refractivity contribution in [3.05, 3.63) is 35.9 Å². The van der Waals surface area contributed by atoms with E-state index in [4.69, 9.17) is 14.0 Å². The standard InChI is InChI=1S/C13H18BNO3/c1-2-4-11(5-3-1)10-12-13(16-7-6-15-12)14-17-8-9-18-14/h1-5,12-13,15H,6-10H2. The second kappa shape index (κ2) is 5.84. The van der Waals surface area contributed by atoms with E-state index in [0.29, 0.717) is 13.2 Å². The van der Waals surface area contributed by atoms with Crippen LogP contribution in [0.2, 0.25) is 0 Å². The van der Waals surface area contributed by atoms with Crippen molar-refractivity contribution in [2.24, 2.45) is 0 Å². The lowest BCUT2D eigenvalue weighted by Gasteiger charge is -2.33. The third kappa shape index (κ3) is 2.75. The van der Waals surface area contributed by atoms with E-state index < -0.39 is 0 Å². The molecule has 1 aromatic carbocycles. The zero-order valence-electron chi connectivity index (χ0n) is 10.4. The van der Waals surface area contributed by atoms with Crippen molar-refractivity contribution in [1.82, 2.24) is 5.32 Å². The molecule has 5 heteroatoms. The molecule has 3 rings (SSSR count). The van der Waals surface area contributed by atoms with E-state index in [1.807, 2.05) is 6.07 Å². The maximum Gasteiger partial charge on any atom is 0.489 e. The van der Waals surface area contributed by atoms with Gasteiger partial charge in [-0.25, -0.2) is 0 Å².